The van der Waals surface area contributed by atoms with Crippen LogP contribution in [-0.2, 0) is 4.79 Å². The highest BCUT2D eigenvalue weighted by Crippen LogP contribution is 2.25. The summed E-state index contributed by atoms with van der Waals surface area (Å²) >= 11 is 0. The summed E-state index contributed by atoms with van der Waals surface area (Å²) in [6.45, 7) is 2.47. The van der Waals surface area contributed by atoms with Gasteiger partial charge in [-0.1, -0.05) is 0 Å². The Morgan fingerprint density at radius 1 is 1.50 bits per heavy atom. The smallest absolute Gasteiger partial charge is 0.221 e. The van der Waals surface area contributed by atoms with Gasteiger partial charge >= 0.3 is 0 Å². The van der Waals surface area contributed by atoms with Gasteiger partial charge in [0, 0.05) is 38.1 Å². The Kier molecular flexibility index (Phi) is 4.59. The SMILES string of the molecule is CN(C)CC1CC(O)CN1C1CCCNC(=O)C1. The second-order valence-electron chi connectivity index (χ2n) is 5.85. The van der Waals surface area contributed by atoms with Crippen molar-refractivity contribution in [2.75, 3.05) is 33.7 Å². The van der Waals surface area contributed by atoms with Crippen LogP contribution in [-0.4, -0.2) is 72.7 Å². The topological polar surface area (TPSA) is 55.8 Å². The molecule has 0 spiro atoms. The molecule has 0 aromatic carbocycles. The van der Waals surface area contributed by atoms with E-state index in [2.05, 4.69) is 29.2 Å². The lowest BCUT2D eigenvalue weighted by molar-refractivity contribution is -0.121. The summed E-state index contributed by atoms with van der Waals surface area (Å²) in [5, 5.41) is 12.8. The lowest BCUT2D eigenvalue weighted by atomic mass is 10.1. The summed E-state index contributed by atoms with van der Waals surface area (Å²) in [4.78, 5) is 16.2. The van der Waals surface area contributed by atoms with E-state index in [-0.39, 0.29) is 12.0 Å². The largest absolute Gasteiger partial charge is 0.392 e. The van der Waals surface area contributed by atoms with Gasteiger partial charge in [0.15, 0.2) is 0 Å². The van der Waals surface area contributed by atoms with Gasteiger partial charge in [0.25, 0.3) is 0 Å². The van der Waals surface area contributed by atoms with E-state index in [1.165, 1.54) is 0 Å². The first kappa shape index (κ1) is 13.8. The van der Waals surface area contributed by atoms with Crippen LogP contribution >= 0.6 is 0 Å². The fourth-order valence-electron chi connectivity index (χ4n) is 3.20. The Hall–Kier alpha value is -0.650. The number of hydrogen-bond acceptors (Lipinski definition) is 4. The van der Waals surface area contributed by atoms with Gasteiger partial charge in [0.1, 0.15) is 0 Å². The highest BCUT2D eigenvalue weighted by atomic mass is 16.3. The van der Waals surface area contributed by atoms with Gasteiger partial charge in [-0.05, 0) is 33.4 Å². The van der Waals surface area contributed by atoms with Gasteiger partial charge < -0.3 is 15.3 Å². The molecule has 2 heterocycles. The molecule has 0 aromatic rings. The number of nitrogens with zero attached hydrogens (tertiary/aromatic N) is 2. The van der Waals surface area contributed by atoms with Crippen LogP contribution in [0.5, 0.6) is 0 Å². The van der Waals surface area contributed by atoms with E-state index in [4.69, 9.17) is 0 Å². The highest BCUT2D eigenvalue weighted by molar-refractivity contribution is 5.76. The first-order valence-corrected chi connectivity index (χ1v) is 6.91. The standard InChI is InChI=1S/C13H25N3O2/c1-15(2)8-11-6-12(17)9-16(11)10-4-3-5-14-13(18)7-10/h10-12,17H,3-9H2,1-2H3,(H,14,18). The van der Waals surface area contributed by atoms with Crippen LogP contribution < -0.4 is 5.32 Å². The third-order valence-corrected chi connectivity index (χ3v) is 3.94. The van der Waals surface area contributed by atoms with Crippen molar-refractivity contribution in [2.45, 2.75) is 43.9 Å². The molecule has 2 N–H and O–H groups in total. The Bertz CT molecular complexity index is 296. The summed E-state index contributed by atoms with van der Waals surface area (Å²) in [6.07, 6.45) is 3.27. The number of carbonyl (C=O) groups is 1. The van der Waals surface area contributed by atoms with Crippen molar-refractivity contribution in [3.05, 3.63) is 0 Å². The van der Waals surface area contributed by atoms with Gasteiger partial charge in [-0.15, -0.1) is 0 Å². The number of aliphatic hydroxyl groups excluding tert-OH is 1. The maximum atomic E-state index is 11.6. The van der Waals surface area contributed by atoms with E-state index in [0.29, 0.717) is 18.5 Å². The number of β-amino-alcohol motifs (C(OH)–C–C–N with tert-alkyl or cyclic N) is 1. The quantitative estimate of drug-likeness (QED) is 0.724. The molecule has 5 nitrogen and oxygen atoms in total. The second-order valence-corrected chi connectivity index (χ2v) is 5.85. The van der Waals surface area contributed by atoms with E-state index in [1.54, 1.807) is 0 Å². The molecule has 3 atom stereocenters. The van der Waals surface area contributed by atoms with E-state index in [1.807, 2.05) is 0 Å². The molecule has 104 valence electrons. The molecule has 2 rings (SSSR count). The Morgan fingerprint density at radius 3 is 3.00 bits per heavy atom. The van der Waals surface area contributed by atoms with Gasteiger partial charge in [-0.25, -0.2) is 0 Å². The summed E-state index contributed by atoms with van der Waals surface area (Å²) in [5.74, 6) is 0.155. The molecule has 0 aromatic heterocycles. The molecule has 18 heavy (non-hydrogen) atoms. The molecular formula is C13H25N3O2. The third kappa shape index (κ3) is 3.43. The lowest BCUT2D eigenvalue weighted by Gasteiger charge is -2.33. The number of nitrogens with one attached hydrogen (secondary N) is 1. The van der Waals surface area contributed by atoms with Crippen molar-refractivity contribution in [3.8, 4) is 0 Å². The summed E-state index contributed by atoms with van der Waals surface area (Å²) < 4.78 is 0. The molecule has 0 aliphatic carbocycles. The van der Waals surface area contributed by atoms with Crippen LogP contribution in [0.2, 0.25) is 0 Å². The van der Waals surface area contributed by atoms with Crippen LogP contribution in [0.25, 0.3) is 0 Å². The molecule has 5 heteroatoms. The van der Waals surface area contributed by atoms with Crippen LogP contribution in [0.4, 0.5) is 0 Å². The van der Waals surface area contributed by atoms with Crippen molar-refractivity contribution < 1.29 is 9.90 Å². The van der Waals surface area contributed by atoms with Crippen LogP contribution in [0, 0.1) is 0 Å². The fourth-order valence-corrected chi connectivity index (χ4v) is 3.20. The number of rotatable bonds is 3. The molecule has 1 amide bonds. The number of likely N-dealkylation sites (tertiary alicyclic amines) is 1. The van der Waals surface area contributed by atoms with Gasteiger partial charge in [0.2, 0.25) is 5.91 Å². The van der Waals surface area contributed by atoms with Crippen LogP contribution in [0.1, 0.15) is 25.7 Å². The molecule has 2 aliphatic rings. The third-order valence-electron chi connectivity index (χ3n) is 3.94. The Balaban J connectivity index is 2.01. The van der Waals surface area contributed by atoms with Gasteiger partial charge in [-0.2, -0.15) is 0 Å². The maximum absolute atomic E-state index is 11.6. The molecule has 0 saturated carbocycles. The van der Waals surface area contributed by atoms with Gasteiger partial charge in [0.05, 0.1) is 6.10 Å². The van der Waals surface area contributed by atoms with Crippen molar-refractivity contribution in [1.82, 2.24) is 15.1 Å². The zero-order chi connectivity index (χ0) is 13.1. The minimum Gasteiger partial charge on any atom is -0.392 e. The zero-order valence-corrected chi connectivity index (χ0v) is 11.4. The van der Waals surface area contributed by atoms with E-state index in [9.17, 15) is 9.90 Å². The number of amides is 1. The molecule has 2 aliphatic heterocycles. The fraction of sp³-hybridized carbons (Fsp3) is 0.923. The molecule has 0 radical (unpaired) electrons. The Labute approximate surface area is 109 Å². The van der Waals surface area contributed by atoms with Gasteiger partial charge in [-0.3, -0.25) is 9.69 Å². The average molecular weight is 255 g/mol. The van der Waals surface area contributed by atoms with E-state index in [0.717, 1.165) is 38.9 Å². The maximum Gasteiger partial charge on any atom is 0.221 e. The normalized spacial score (nSPS) is 34.7. The molecular weight excluding hydrogens is 230 g/mol. The van der Waals surface area contributed by atoms with Crippen molar-refractivity contribution in [1.29, 1.82) is 0 Å². The second kappa shape index (κ2) is 5.99. The van der Waals surface area contributed by atoms with Crippen LogP contribution in [0.3, 0.4) is 0 Å². The highest BCUT2D eigenvalue weighted by Gasteiger charge is 2.36. The number of likely N-dealkylation sites (N-methyl/N-ethyl adjacent to an activating group) is 1. The first-order chi connectivity index (χ1) is 8.56. The minimum absolute atomic E-state index is 0.155. The van der Waals surface area contributed by atoms with E-state index < -0.39 is 0 Å². The summed E-state index contributed by atoms with van der Waals surface area (Å²) in [5.41, 5.74) is 0. The molecule has 2 saturated heterocycles. The van der Waals surface area contributed by atoms with E-state index >= 15 is 0 Å². The number of carbonyl (C=O) groups excluding carboxylic acids is 1. The number of aliphatic hydroxyl groups is 1. The van der Waals surface area contributed by atoms with Crippen LogP contribution in [0.15, 0.2) is 0 Å². The zero-order valence-electron chi connectivity index (χ0n) is 11.4. The monoisotopic (exact) mass is 255 g/mol. The minimum atomic E-state index is -0.235. The summed E-state index contributed by atoms with van der Waals surface area (Å²) in [6, 6.07) is 0.681. The predicted molar refractivity (Wildman–Crippen MR) is 70.3 cm³/mol. The summed E-state index contributed by atoms with van der Waals surface area (Å²) in [7, 11) is 4.12. The number of hydrogen-bond donors (Lipinski definition) is 2. The van der Waals surface area contributed by atoms with Crippen molar-refractivity contribution in [2.24, 2.45) is 0 Å². The Morgan fingerprint density at radius 2 is 2.28 bits per heavy atom. The molecule has 3 unspecified atom stereocenters. The molecule has 0 bridgehead atoms. The lowest BCUT2D eigenvalue weighted by Crippen LogP contribution is -2.44. The predicted octanol–water partition coefficient (Wildman–Crippen LogP) is -0.348. The first-order valence-electron chi connectivity index (χ1n) is 6.91. The average Bonchev–Trinajstić information content (AvgIpc) is 2.50. The van der Waals surface area contributed by atoms with Crippen molar-refractivity contribution in [3.63, 3.8) is 0 Å². The van der Waals surface area contributed by atoms with Crippen molar-refractivity contribution >= 4 is 5.91 Å². The molecule has 2 fully saturated rings.